The molecule has 4 nitrogen and oxygen atoms in total. The predicted molar refractivity (Wildman–Crippen MR) is 48.4 cm³/mol. The summed E-state index contributed by atoms with van der Waals surface area (Å²) < 4.78 is 4.55. The number of carbonyl (C=O) groups is 2. The Bertz CT molecular complexity index is 348. The van der Waals surface area contributed by atoms with E-state index in [1.807, 2.05) is 0 Å². The summed E-state index contributed by atoms with van der Waals surface area (Å²) in [6.45, 7) is 0. The van der Waals surface area contributed by atoms with Crippen LogP contribution in [0.5, 0.6) is 5.75 Å². The van der Waals surface area contributed by atoms with Crippen molar-refractivity contribution >= 4 is 23.9 Å². The second-order valence-electron chi connectivity index (χ2n) is 2.17. The van der Waals surface area contributed by atoms with Crippen molar-refractivity contribution in [1.82, 2.24) is 0 Å². The molecule has 0 saturated heterocycles. The molecule has 0 heterocycles. The van der Waals surface area contributed by atoms with Crippen LogP contribution in [-0.4, -0.2) is 16.4 Å². The smallest absolute Gasteiger partial charge is 0.369 e. The first-order chi connectivity index (χ1) is 6.11. The lowest BCUT2D eigenvalue weighted by molar-refractivity contribution is 0.0694. The lowest BCUT2D eigenvalue weighted by Crippen LogP contribution is -2.04. The Morgan fingerprint density at radius 1 is 1.31 bits per heavy atom. The monoisotopic (exact) mass is 198 g/mol. The molecule has 0 aromatic heterocycles. The molecule has 0 aliphatic heterocycles. The average Bonchev–Trinajstić information content (AvgIpc) is 2.03. The van der Waals surface area contributed by atoms with E-state index in [4.69, 9.17) is 5.11 Å². The number of hydrogen-bond acceptors (Lipinski definition) is 3. The summed E-state index contributed by atoms with van der Waals surface area (Å²) in [6, 6.07) is 5.84. The summed E-state index contributed by atoms with van der Waals surface area (Å²) in [5.41, 5.74) is -0.0649. The topological polar surface area (TPSA) is 63.6 Å². The van der Waals surface area contributed by atoms with Gasteiger partial charge in [-0.05, 0) is 12.1 Å². The molecule has 0 spiro atoms. The fourth-order valence-electron chi connectivity index (χ4n) is 0.826. The number of ether oxygens (including phenoxy) is 1. The molecule has 0 unspecified atom stereocenters. The van der Waals surface area contributed by atoms with Crippen LogP contribution in [0.25, 0.3) is 0 Å². The Kier molecular flexibility index (Phi) is 2.92. The molecule has 13 heavy (non-hydrogen) atoms. The predicted octanol–water partition coefficient (Wildman–Crippen LogP) is 1.81. The van der Waals surface area contributed by atoms with Crippen LogP contribution in [0.15, 0.2) is 24.3 Å². The van der Waals surface area contributed by atoms with Crippen molar-refractivity contribution in [3.05, 3.63) is 29.8 Å². The van der Waals surface area contributed by atoms with Crippen LogP contribution in [0.1, 0.15) is 10.4 Å². The van der Waals surface area contributed by atoms with E-state index in [9.17, 15) is 9.59 Å². The number of carboxylic acid groups (broad SMARTS) is 1. The Morgan fingerprint density at radius 3 is 2.46 bits per heavy atom. The maximum Gasteiger partial charge on any atom is 0.369 e. The van der Waals surface area contributed by atoms with Crippen molar-refractivity contribution in [2.45, 2.75) is 0 Å². The summed E-state index contributed by atoms with van der Waals surface area (Å²) in [5, 5.41) is 7.82. The van der Waals surface area contributed by atoms with Gasteiger partial charge < -0.3 is 9.84 Å². The molecule has 5 heteroatoms. The quantitative estimate of drug-likeness (QED) is 0.562. The van der Waals surface area contributed by atoms with Gasteiger partial charge in [0.25, 0.3) is 0 Å². The molecule has 0 aliphatic rings. The molecule has 68 valence electrons. The number of rotatable bonds is 2. The zero-order chi connectivity index (χ0) is 9.84. The standard InChI is InChI=1S/C8H6O4S/c9-7(10)5-3-1-2-4-6(5)12-8(11)13/h1-4H,(H,9,10)(H,11,13). The van der Waals surface area contributed by atoms with Crippen LogP contribution < -0.4 is 4.74 Å². The van der Waals surface area contributed by atoms with Gasteiger partial charge in [0.05, 0.1) is 0 Å². The summed E-state index contributed by atoms with van der Waals surface area (Å²) >= 11 is 3.37. The molecular formula is C8H6O4S. The van der Waals surface area contributed by atoms with Gasteiger partial charge >= 0.3 is 11.3 Å². The molecule has 1 aromatic rings. The van der Waals surface area contributed by atoms with Crippen molar-refractivity contribution < 1.29 is 19.4 Å². The van der Waals surface area contributed by atoms with Gasteiger partial charge in [-0.1, -0.05) is 24.8 Å². The minimum atomic E-state index is -1.15. The van der Waals surface area contributed by atoms with Crippen molar-refractivity contribution in [2.75, 3.05) is 0 Å². The average molecular weight is 198 g/mol. The zero-order valence-electron chi connectivity index (χ0n) is 6.43. The highest BCUT2D eigenvalue weighted by atomic mass is 32.1. The Labute approximate surface area is 79.5 Å². The van der Waals surface area contributed by atoms with Crippen molar-refractivity contribution in [2.24, 2.45) is 0 Å². The molecule has 1 N–H and O–H groups in total. The van der Waals surface area contributed by atoms with Gasteiger partial charge in [-0.2, -0.15) is 0 Å². The SMILES string of the molecule is O=C(S)Oc1ccccc1C(=O)O. The number of aromatic carboxylic acids is 1. The van der Waals surface area contributed by atoms with Gasteiger partial charge in [0, 0.05) is 0 Å². The number of benzene rings is 1. The largest absolute Gasteiger partial charge is 0.478 e. The first kappa shape index (κ1) is 9.60. The van der Waals surface area contributed by atoms with E-state index in [0.29, 0.717) is 0 Å². The van der Waals surface area contributed by atoms with Crippen LogP contribution in [0.2, 0.25) is 0 Å². The number of carboxylic acids is 1. The highest BCUT2D eigenvalue weighted by Gasteiger charge is 2.11. The molecule has 0 amide bonds. The number of carbonyl (C=O) groups excluding carboxylic acids is 1. The Morgan fingerprint density at radius 2 is 1.92 bits per heavy atom. The molecule has 0 radical (unpaired) electrons. The molecule has 0 bridgehead atoms. The van der Waals surface area contributed by atoms with Crippen LogP contribution >= 0.6 is 12.6 Å². The third kappa shape index (κ3) is 2.48. The second kappa shape index (κ2) is 3.95. The lowest BCUT2D eigenvalue weighted by Gasteiger charge is -2.03. The van der Waals surface area contributed by atoms with Gasteiger partial charge in [0.2, 0.25) is 0 Å². The fraction of sp³-hybridized carbons (Fsp3) is 0. The Balaban J connectivity index is 3.04. The number of para-hydroxylation sites is 1. The second-order valence-corrected chi connectivity index (χ2v) is 2.53. The third-order valence-corrected chi connectivity index (χ3v) is 1.41. The molecule has 0 fully saturated rings. The highest BCUT2D eigenvalue weighted by molar-refractivity contribution is 7.96. The molecule has 1 rings (SSSR count). The van der Waals surface area contributed by atoms with Gasteiger partial charge in [-0.15, -0.1) is 0 Å². The van der Waals surface area contributed by atoms with E-state index < -0.39 is 11.3 Å². The zero-order valence-corrected chi connectivity index (χ0v) is 7.32. The number of thiol groups is 1. The summed E-state index contributed by atoms with van der Waals surface area (Å²) in [7, 11) is 0. The first-order valence-corrected chi connectivity index (χ1v) is 3.79. The number of hydrogen-bond donors (Lipinski definition) is 2. The van der Waals surface area contributed by atoms with Crippen molar-refractivity contribution in [3.63, 3.8) is 0 Å². The molecule has 0 aliphatic carbocycles. The molecule has 0 saturated carbocycles. The van der Waals surface area contributed by atoms with Gasteiger partial charge in [0.15, 0.2) is 0 Å². The molecule has 0 atom stereocenters. The van der Waals surface area contributed by atoms with E-state index in [-0.39, 0.29) is 11.3 Å². The maximum absolute atomic E-state index is 10.6. The van der Waals surface area contributed by atoms with E-state index >= 15 is 0 Å². The lowest BCUT2D eigenvalue weighted by atomic mass is 10.2. The van der Waals surface area contributed by atoms with Crippen molar-refractivity contribution in [3.8, 4) is 5.75 Å². The van der Waals surface area contributed by atoms with E-state index in [1.165, 1.54) is 12.1 Å². The molecule has 1 aromatic carbocycles. The van der Waals surface area contributed by atoms with Gasteiger partial charge in [-0.3, -0.25) is 0 Å². The van der Waals surface area contributed by atoms with Gasteiger partial charge in [-0.25, -0.2) is 9.59 Å². The summed E-state index contributed by atoms with van der Waals surface area (Å²) in [5.74, 6) is -1.15. The first-order valence-electron chi connectivity index (χ1n) is 3.34. The summed E-state index contributed by atoms with van der Waals surface area (Å²) in [6.07, 6.45) is 0. The van der Waals surface area contributed by atoms with Gasteiger partial charge in [0.1, 0.15) is 11.3 Å². The van der Waals surface area contributed by atoms with Crippen LogP contribution in [0.4, 0.5) is 4.79 Å². The van der Waals surface area contributed by atoms with E-state index in [1.54, 1.807) is 12.1 Å². The summed E-state index contributed by atoms with van der Waals surface area (Å²) in [4.78, 5) is 21.0. The maximum atomic E-state index is 10.6. The normalized spacial score (nSPS) is 9.31. The third-order valence-electron chi connectivity index (χ3n) is 1.31. The van der Waals surface area contributed by atoms with Crippen LogP contribution in [-0.2, 0) is 0 Å². The Hall–Kier alpha value is -1.49. The van der Waals surface area contributed by atoms with E-state index in [2.05, 4.69) is 17.4 Å². The highest BCUT2D eigenvalue weighted by Crippen LogP contribution is 2.18. The van der Waals surface area contributed by atoms with E-state index in [0.717, 1.165) is 0 Å². The van der Waals surface area contributed by atoms with Crippen molar-refractivity contribution in [1.29, 1.82) is 0 Å². The van der Waals surface area contributed by atoms with Crippen LogP contribution in [0, 0.1) is 0 Å². The fourth-order valence-corrected chi connectivity index (χ4v) is 0.925. The minimum Gasteiger partial charge on any atom is -0.478 e. The molecular weight excluding hydrogens is 192 g/mol. The van der Waals surface area contributed by atoms with Crippen LogP contribution in [0.3, 0.4) is 0 Å². The minimum absolute atomic E-state index is 0.00463.